The van der Waals surface area contributed by atoms with E-state index >= 15 is 0 Å². The molecule has 20 heavy (non-hydrogen) atoms. The van der Waals surface area contributed by atoms with Gasteiger partial charge in [0.05, 0.1) is 12.7 Å². The van der Waals surface area contributed by atoms with Crippen molar-refractivity contribution < 1.29 is 9.53 Å². The molecule has 2 aromatic rings. The third-order valence-electron chi connectivity index (χ3n) is 2.80. The smallest absolute Gasteiger partial charge is 0.337 e. The van der Waals surface area contributed by atoms with Gasteiger partial charge in [-0.15, -0.1) is 0 Å². The number of ether oxygens (including phenoxy) is 1. The first-order valence-electron chi connectivity index (χ1n) is 6.38. The van der Waals surface area contributed by atoms with Crippen LogP contribution in [0.5, 0.6) is 0 Å². The quantitative estimate of drug-likeness (QED) is 0.611. The molecule has 0 spiro atoms. The fraction of sp³-hybridized carbons (Fsp3) is 0.0556. The number of methoxy groups -OCH3 is 1. The predicted octanol–water partition coefficient (Wildman–Crippen LogP) is 4.20. The Labute approximate surface area is 119 Å². The first-order valence-corrected chi connectivity index (χ1v) is 6.38. The van der Waals surface area contributed by atoms with Crippen molar-refractivity contribution in [2.75, 3.05) is 7.11 Å². The number of carbonyl (C=O) groups excluding carboxylic acids is 1. The Balaban J connectivity index is 2.05. The molecule has 0 bridgehead atoms. The summed E-state index contributed by atoms with van der Waals surface area (Å²) in [5.41, 5.74) is 2.67. The summed E-state index contributed by atoms with van der Waals surface area (Å²) >= 11 is 0. The SMILES string of the molecule is COC(=O)c1cccc(C=CC=Cc2ccccc2)c1. The van der Waals surface area contributed by atoms with Crippen molar-refractivity contribution in [2.24, 2.45) is 0 Å². The van der Waals surface area contributed by atoms with Crippen LogP contribution in [0.25, 0.3) is 12.2 Å². The molecule has 2 rings (SSSR count). The maximum atomic E-state index is 11.4. The Morgan fingerprint density at radius 3 is 2.25 bits per heavy atom. The van der Waals surface area contributed by atoms with E-state index in [4.69, 9.17) is 4.74 Å². The van der Waals surface area contributed by atoms with E-state index in [0.717, 1.165) is 11.1 Å². The Morgan fingerprint density at radius 1 is 0.900 bits per heavy atom. The van der Waals surface area contributed by atoms with Crippen LogP contribution in [0.2, 0.25) is 0 Å². The molecular formula is C18H16O2. The molecule has 0 aromatic heterocycles. The van der Waals surface area contributed by atoms with Crippen molar-refractivity contribution in [1.82, 2.24) is 0 Å². The molecule has 0 atom stereocenters. The summed E-state index contributed by atoms with van der Waals surface area (Å²) in [5, 5.41) is 0. The van der Waals surface area contributed by atoms with E-state index in [9.17, 15) is 4.79 Å². The van der Waals surface area contributed by atoms with Crippen LogP contribution in [0.4, 0.5) is 0 Å². The topological polar surface area (TPSA) is 26.3 Å². The second-order valence-electron chi connectivity index (χ2n) is 4.25. The van der Waals surface area contributed by atoms with Crippen molar-refractivity contribution in [1.29, 1.82) is 0 Å². The van der Waals surface area contributed by atoms with Crippen LogP contribution in [0.3, 0.4) is 0 Å². The molecule has 0 radical (unpaired) electrons. The molecule has 0 fully saturated rings. The first kappa shape index (κ1) is 13.8. The van der Waals surface area contributed by atoms with Gasteiger partial charge in [-0.2, -0.15) is 0 Å². The van der Waals surface area contributed by atoms with Gasteiger partial charge in [-0.05, 0) is 23.3 Å². The lowest BCUT2D eigenvalue weighted by Crippen LogP contribution is -2.00. The minimum absolute atomic E-state index is 0.319. The number of hydrogen-bond donors (Lipinski definition) is 0. The van der Waals surface area contributed by atoms with E-state index in [-0.39, 0.29) is 5.97 Å². The minimum Gasteiger partial charge on any atom is -0.465 e. The number of carbonyl (C=O) groups is 1. The van der Waals surface area contributed by atoms with E-state index in [1.807, 2.05) is 66.8 Å². The molecule has 2 aromatic carbocycles. The Bertz CT molecular complexity index is 625. The van der Waals surface area contributed by atoms with Gasteiger partial charge in [0.1, 0.15) is 0 Å². The van der Waals surface area contributed by atoms with E-state index in [2.05, 4.69) is 0 Å². The average Bonchev–Trinajstić information content (AvgIpc) is 2.52. The second kappa shape index (κ2) is 7.10. The highest BCUT2D eigenvalue weighted by atomic mass is 16.5. The van der Waals surface area contributed by atoms with Crippen LogP contribution in [-0.4, -0.2) is 13.1 Å². The maximum Gasteiger partial charge on any atom is 0.337 e. The van der Waals surface area contributed by atoms with Gasteiger partial charge in [0.25, 0.3) is 0 Å². The summed E-state index contributed by atoms with van der Waals surface area (Å²) in [6, 6.07) is 17.4. The highest BCUT2D eigenvalue weighted by molar-refractivity contribution is 5.90. The highest BCUT2D eigenvalue weighted by Crippen LogP contribution is 2.09. The number of esters is 1. The summed E-state index contributed by atoms with van der Waals surface area (Å²) in [4.78, 5) is 11.4. The van der Waals surface area contributed by atoms with Crippen molar-refractivity contribution in [2.45, 2.75) is 0 Å². The summed E-state index contributed by atoms with van der Waals surface area (Å²) < 4.78 is 4.70. The van der Waals surface area contributed by atoms with Crippen molar-refractivity contribution >= 4 is 18.1 Å². The van der Waals surface area contributed by atoms with E-state index < -0.39 is 0 Å². The molecule has 0 saturated carbocycles. The Kier molecular flexibility index (Phi) is 4.90. The van der Waals surface area contributed by atoms with Crippen LogP contribution in [0, 0.1) is 0 Å². The standard InChI is InChI=1S/C18H16O2/c1-20-18(19)17-13-7-12-16(14-17)11-6-5-10-15-8-3-2-4-9-15/h2-14H,1H3. The Morgan fingerprint density at radius 2 is 1.55 bits per heavy atom. The Hall–Kier alpha value is -2.61. The largest absolute Gasteiger partial charge is 0.465 e. The molecule has 0 saturated heterocycles. The van der Waals surface area contributed by atoms with E-state index in [1.54, 1.807) is 12.1 Å². The summed E-state index contributed by atoms with van der Waals surface area (Å²) in [6.07, 6.45) is 7.90. The van der Waals surface area contributed by atoms with Gasteiger partial charge >= 0.3 is 5.97 Å². The lowest BCUT2D eigenvalue weighted by atomic mass is 10.1. The number of allylic oxidation sites excluding steroid dienone is 2. The van der Waals surface area contributed by atoms with Crippen molar-refractivity contribution in [3.63, 3.8) is 0 Å². The molecule has 0 aliphatic carbocycles. The zero-order valence-electron chi connectivity index (χ0n) is 11.3. The van der Waals surface area contributed by atoms with Gasteiger partial charge in [-0.1, -0.05) is 66.8 Å². The summed E-state index contributed by atoms with van der Waals surface area (Å²) in [5.74, 6) is -0.319. The maximum absolute atomic E-state index is 11.4. The molecule has 100 valence electrons. The number of rotatable bonds is 4. The molecule has 0 amide bonds. The zero-order chi connectivity index (χ0) is 14.2. The normalized spacial score (nSPS) is 11.1. The van der Waals surface area contributed by atoms with Crippen LogP contribution in [0.1, 0.15) is 21.5 Å². The number of hydrogen-bond acceptors (Lipinski definition) is 2. The molecule has 2 heteroatoms. The van der Waals surface area contributed by atoms with Gasteiger partial charge in [0.2, 0.25) is 0 Å². The van der Waals surface area contributed by atoms with Gasteiger partial charge < -0.3 is 4.74 Å². The highest BCUT2D eigenvalue weighted by Gasteiger charge is 2.03. The van der Waals surface area contributed by atoms with Crippen LogP contribution in [0.15, 0.2) is 66.7 Å². The molecule has 0 aliphatic rings. The molecule has 0 aliphatic heterocycles. The monoisotopic (exact) mass is 264 g/mol. The molecule has 0 unspecified atom stereocenters. The van der Waals surface area contributed by atoms with Crippen molar-refractivity contribution in [3.05, 3.63) is 83.4 Å². The fourth-order valence-corrected chi connectivity index (χ4v) is 1.78. The molecule has 2 nitrogen and oxygen atoms in total. The summed E-state index contributed by atoms with van der Waals surface area (Å²) in [6.45, 7) is 0. The van der Waals surface area contributed by atoms with Crippen LogP contribution in [-0.2, 0) is 4.74 Å². The van der Waals surface area contributed by atoms with Crippen molar-refractivity contribution in [3.8, 4) is 0 Å². The molecule has 0 N–H and O–H groups in total. The fourth-order valence-electron chi connectivity index (χ4n) is 1.78. The first-order chi connectivity index (χ1) is 9.79. The molecule has 0 heterocycles. The van der Waals surface area contributed by atoms with E-state index in [0.29, 0.717) is 5.56 Å². The van der Waals surface area contributed by atoms with E-state index in [1.165, 1.54) is 7.11 Å². The van der Waals surface area contributed by atoms with Gasteiger partial charge in [-0.3, -0.25) is 0 Å². The zero-order valence-corrected chi connectivity index (χ0v) is 11.3. The lowest BCUT2D eigenvalue weighted by Gasteiger charge is -1.99. The van der Waals surface area contributed by atoms with Crippen LogP contribution >= 0.6 is 0 Å². The lowest BCUT2D eigenvalue weighted by molar-refractivity contribution is 0.0600. The molecular weight excluding hydrogens is 248 g/mol. The predicted molar refractivity (Wildman–Crippen MR) is 82.3 cm³/mol. The minimum atomic E-state index is -0.319. The van der Waals surface area contributed by atoms with Gasteiger partial charge in [0.15, 0.2) is 0 Å². The van der Waals surface area contributed by atoms with Gasteiger partial charge in [-0.25, -0.2) is 4.79 Å². The second-order valence-corrected chi connectivity index (χ2v) is 4.25. The summed E-state index contributed by atoms with van der Waals surface area (Å²) in [7, 11) is 1.38. The number of benzene rings is 2. The van der Waals surface area contributed by atoms with Crippen LogP contribution < -0.4 is 0 Å². The average molecular weight is 264 g/mol. The third kappa shape index (κ3) is 3.95. The van der Waals surface area contributed by atoms with Gasteiger partial charge in [0, 0.05) is 0 Å². The third-order valence-corrected chi connectivity index (χ3v) is 2.80.